The zero-order valence-corrected chi connectivity index (χ0v) is 18.3. The van der Waals surface area contributed by atoms with Crippen molar-refractivity contribution in [1.29, 1.82) is 0 Å². The number of ether oxygens (including phenoxy) is 1. The summed E-state index contributed by atoms with van der Waals surface area (Å²) in [4.78, 5) is 40.3. The van der Waals surface area contributed by atoms with Crippen molar-refractivity contribution < 1.29 is 19.1 Å². The molecule has 1 aliphatic heterocycles. The van der Waals surface area contributed by atoms with E-state index < -0.39 is 6.04 Å². The van der Waals surface area contributed by atoms with Gasteiger partial charge in [0.25, 0.3) is 11.8 Å². The third-order valence-corrected chi connectivity index (χ3v) is 5.66. The van der Waals surface area contributed by atoms with E-state index in [1.807, 2.05) is 18.2 Å². The lowest BCUT2D eigenvalue weighted by atomic mass is 9.88. The van der Waals surface area contributed by atoms with E-state index in [0.717, 1.165) is 0 Å². The Morgan fingerprint density at radius 3 is 2.41 bits per heavy atom. The third-order valence-electron chi connectivity index (χ3n) is 5.66. The summed E-state index contributed by atoms with van der Waals surface area (Å²) < 4.78 is 5.32. The van der Waals surface area contributed by atoms with E-state index in [4.69, 9.17) is 4.74 Å². The Labute approximate surface area is 188 Å². The number of hydrogen-bond acceptors (Lipinski definition) is 4. The summed E-state index contributed by atoms with van der Waals surface area (Å²) in [6, 6.07) is 15.3. The van der Waals surface area contributed by atoms with Gasteiger partial charge in [0, 0.05) is 25.2 Å². The van der Waals surface area contributed by atoms with Crippen molar-refractivity contribution in [2.45, 2.75) is 18.9 Å². The number of hydrogen-bond donors (Lipinski definition) is 2. The molecule has 1 saturated heterocycles. The minimum atomic E-state index is -0.689. The lowest BCUT2D eigenvalue weighted by Gasteiger charge is -2.36. The molecule has 3 amide bonds. The molecule has 0 radical (unpaired) electrons. The SMILES string of the molecule is C=CCNC(=O)[C@H](NC(=O)c1ccccc1)C1CCN(C(=O)c2ccccc2OC)CC1. The molecule has 0 spiro atoms. The molecule has 2 N–H and O–H groups in total. The van der Waals surface area contributed by atoms with Gasteiger partial charge in [-0.3, -0.25) is 14.4 Å². The number of methoxy groups -OCH3 is 1. The van der Waals surface area contributed by atoms with E-state index in [2.05, 4.69) is 17.2 Å². The molecule has 168 valence electrons. The van der Waals surface area contributed by atoms with Gasteiger partial charge in [0.15, 0.2) is 0 Å². The van der Waals surface area contributed by atoms with Crippen LogP contribution in [-0.2, 0) is 4.79 Å². The molecule has 1 atom stereocenters. The van der Waals surface area contributed by atoms with Crippen molar-refractivity contribution in [3.8, 4) is 5.75 Å². The van der Waals surface area contributed by atoms with E-state index in [0.29, 0.717) is 49.4 Å². The van der Waals surface area contributed by atoms with Crippen LogP contribution in [0.3, 0.4) is 0 Å². The molecule has 0 saturated carbocycles. The zero-order valence-electron chi connectivity index (χ0n) is 18.3. The maximum Gasteiger partial charge on any atom is 0.257 e. The molecule has 1 aliphatic rings. The summed E-state index contributed by atoms with van der Waals surface area (Å²) >= 11 is 0. The minimum absolute atomic E-state index is 0.0887. The first-order valence-electron chi connectivity index (χ1n) is 10.7. The number of nitrogens with one attached hydrogen (secondary N) is 2. The second-order valence-corrected chi connectivity index (χ2v) is 7.68. The van der Waals surface area contributed by atoms with Crippen molar-refractivity contribution in [2.24, 2.45) is 5.92 Å². The highest BCUT2D eigenvalue weighted by Gasteiger charge is 2.34. The van der Waals surface area contributed by atoms with Crippen molar-refractivity contribution in [3.63, 3.8) is 0 Å². The summed E-state index contributed by atoms with van der Waals surface area (Å²) in [7, 11) is 1.54. The van der Waals surface area contributed by atoms with Crippen LogP contribution in [0.4, 0.5) is 0 Å². The van der Waals surface area contributed by atoms with Gasteiger partial charge in [0.2, 0.25) is 5.91 Å². The van der Waals surface area contributed by atoms with E-state index in [9.17, 15) is 14.4 Å². The summed E-state index contributed by atoms with van der Waals surface area (Å²) in [6.07, 6.45) is 2.80. The fraction of sp³-hybridized carbons (Fsp3) is 0.320. The smallest absolute Gasteiger partial charge is 0.257 e. The Kier molecular flexibility index (Phi) is 8.02. The van der Waals surface area contributed by atoms with Gasteiger partial charge in [-0.25, -0.2) is 0 Å². The minimum Gasteiger partial charge on any atom is -0.496 e. The van der Waals surface area contributed by atoms with Gasteiger partial charge in [0.1, 0.15) is 11.8 Å². The number of rotatable bonds is 8. The van der Waals surface area contributed by atoms with Gasteiger partial charge < -0.3 is 20.3 Å². The Morgan fingerprint density at radius 1 is 1.09 bits per heavy atom. The normalized spacial score (nSPS) is 14.8. The molecule has 2 aromatic rings. The standard InChI is InChI=1S/C25H29N3O4/c1-3-15-26-24(30)22(27-23(29)19-9-5-4-6-10-19)18-13-16-28(17-14-18)25(31)20-11-7-8-12-21(20)32-2/h3-12,18,22H,1,13-17H2,2H3,(H,26,30)(H,27,29)/t22-/m1/s1. The number of amides is 3. The van der Waals surface area contributed by atoms with E-state index in [1.165, 1.54) is 0 Å². The highest BCUT2D eigenvalue weighted by molar-refractivity contribution is 5.98. The molecule has 3 rings (SSSR count). The summed E-state index contributed by atoms with van der Waals surface area (Å²) in [5, 5.41) is 5.69. The number of benzene rings is 2. The van der Waals surface area contributed by atoms with Crippen LogP contribution in [0.5, 0.6) is 5.75 Å². The number of likely N-dealkylation sites (tertiary alicyclic amines) is 1. The Bertz CT molecular complexity index is 953. The summed E-state index contributed by atoms with van der Waals surface area (Å²) in [5.41, 5.74) is 1.02. The average Bonchev–Trinajstić information content (AvgIpc) is 2.85. The topological polar surface area (TPSA) is 87.7 Å². The molecule has 0 bridgehead atoms. The predicted molar refractivity (Wildman–Crippen MR) is 123 cm³/mol. The first-order chi connectivity index (χ1) is 15.5. The molecule has 0 unspecified atom stereocenters. The molecule has 0 aliphatic carbocycles. The van der Waals surface area contributed by atoms with E-state index in [-0.39, 0.29) is 23.6 Å². The first kappa shape index (κ1) is 23.1. The van der Waals surface area contributed by atoms with E-state index >= 15 is 0 Å². The number of para-hydroxylation sites is 1. The summed E-state index contributed by atoms with van der Waals surface area (Å²) in [6.45, 7) is 4.94. The van der Waals surface area contributed by atoms with Crippen LogP contribution in [0.25, 0.3) is 0 Å². The van der Waals surface area contributed by atoms with Crippen LogP contribution in [-0.4, -0.2) is 55.4 Å². The highest BCUT2D eigenvalue weighted by Crippen LogP contribution is 2.25. The van der Waals surface area contributed by atoms with Crippen molar-refractivity contribution in [3.05, 3.63) is 78.4 Å². The lowest BCUT2D eigenvalue weighted by Crippen LogP contribution is -2.53. The van der Waals surface area contributed by atoms with Crippen LogP contribution in [0.1, 0.15) is 33.6 Å². The van der Waals surface area contributed by atoms with Crippen molar-refractivity contribution in [1.82, 2.24) is 15.5 Å². The molecular weight excluding hydrogens is 406 g/mol. The van der Waals surface area contributed by atoms with Crippen LogP contribution < -0.4 is 15.4 Å². The lowest BCUT2D eigenvalue weighted by molar-refractivity contribution is -0.124. The van der Waals surface area contributed by atoms with Crippen LogP contribution >= 0.6 is 0 Å². The Balaban J connectivity index is 1.69. The molecule has 1 fully saturated rings. The van der Waals surface area contributed by atoms with Crippen LogP contribution in [0.2, 0.25) is 0 Å². The van der Waals surface area contributed by atoms with Gasteiger partial charge in [-0.15, -0.1) is 6.58 Å². The Morgan fingerprint density at radius 2 is 1.75 bits per heavy atom. The maximum atomic E-state index is 13.0. The number of carbonyl (C=O) groups is 3. The first-order valence-corrected chi connectivity index (χ1v) is 10.7. The second-order valence-electron chi connectivity index (χ2n) is 7.68. The highest BCUT2D eigenvalue weighted by atomic mass is 16.5. The molecule has 0 aromatic heterocycles. The summed E-state index contributed by atoms with van der Waals surface area (Å²) in [5.74, 6) is -0.187. The fourth-order valence-corrected chi connectivity index (χ4v) is 3.92. The molecule has 7 nitrogen and oxygen atoms in total. The third kappa shape index (κ3) is 5.55. The zero-order chi connectivity index (χ0) is 22.9. The maximum absolute atomic E-state index is 13.0. The quantitative estimate of drug-likeness (QED) is 0.624. The Hall–Kier alpha value is -3.61. The number of nitrogens with zero attached hydrogens (tertiary/aromatic N) is 1. The molecule has 32 heavy (non-hydrogen) atoms. The molecule has 2 aromatic carbocycles. The predicted octanol–water partition coefficient (Wildman–Crippen LogP) is 2.65. The molecular formula is C25H29N3O4. The fourth-order valence-electron chi connectivity index (χ4n) is 3.92. The van der Waals surface area contributed by atoms with Gasteiger partial charge in [-0.1, -0.05) is 36.4 Å². The van der Waals surface area contributed by atoms with Gasteiger partial charge in [0.05, 0.1) is 12.7 Å². The molecule has 1 heterocycles. The average molecular weight is 436 g/mol. The monoisotopic (exact) mass is 435 g/mol. The number of piperidine rings is 1. The number of carbonyl (C=O) groups excluding carboxylic acids is 3. The van der Waals surface area contributed by atoms with Gasteiger partial charge in [-0.05, 0) is 43.0 Å². The van der Waals surface area contributed by atoms with Gasteiger partial charge >= 0.3 is 0 Å². The van der Waals surface area contributed by atoms with E-state index in [1.54, 1.807) is 54.5 Å². The van der Waals surface area contributed by atoms with Crippen LogP contribution in [0.15, 0.2) is 67.3 Å². The van der Waals surface area contributed by atoms with Crippen LogP contribution in [0, 0.1) is 5.92 Å². The van der Waals surface area contributed by atoms with Gasteiger partial charge in [-0.2, -0.15) is 0 Å². The van der Waals surface area contributed by atoms with Crippen molar-refractivity contribution in [2.75, 3.05) is 26.7 Å². The molecule has 7 heteroatoms. The van der Waals surface area contributed by atoms with Crippen molar-refractivity contribution >= 4 is 17.7 Å². The second kappa shape index (κ2) is 11.1. The largest absolute Gasteiger partial charge is 0.496 e.